The van der Waals surface area contributed by atoms with Crippen LogP contribution in [0.4, 0.5) is 0 Å². The zero-order chi connectivity index (χ0) is 13.5. The molecular formula is C15H25IN4. The average Bonchev–Trinajstić information content (AvgIpc) is 2.47. The van der Waals surface area contributed by atoms with E-state index in [1.54, 1.807) is 0 Å². The highest BCUT2D eigenvalue weighted by atomic mass is 127. The number of piperidine rings is 1. The first kappa shape index (κ1) is 17.2. The summed E-state index contributed by atoms with van der Waals surface area (Å²) in [5.74, 6) is 0.890. The van der Waals surface area contributed by atoms with Crippen LogP contribution in [0.5, 0.6) is 0 Å². The third-order valence-corrected chi connectivity index (χ3v) is 3.64. The second-order valence-corrected chi connectivity index (χ2v) is 5.00. The van der Waals surface area contributed by atoms with Crippen molar-refractivity contribution < 1.29 is 0 Å². The summed E-state index contributed by atoms with van der Waals surface area (Å²) in [6.07, 6.45) is 2.35. The highest BCUT2D eigenvalue weighted by Crippen LogP contribution is 2.13. The normalized spacial score (nSPS) is 17.4. The summed E-state index contributed by atoms with van der Waals surface area (Å²) in [6.45, 7) is 3.36. The van der Waals surface area contributed by atoms with Crippen LogP contribution < -0.4 is 10.6 Å². The summed E-state index contributed by atoms with van der Waals surface area (Å²) >= 11 is 0. The van der Waals surface area contributed by atoms with Crippen LogP contribution in [0, 0.1) is 0 Å². The molecule has 2 rings (SSSR count). The second-order valence-electron chi connectivity index (χ2n) is 5.00. The molecule has 0 saturated carbocycles. The molecular weight excluding hydrogens is 363 g/mol. The molecule has 0 radical (unpaired) electrons. The van der Waals surface area contributed by atoms with Crippen molar-refractivity contribution in [2.45, 2.75) is 25.4 Å². The van der Waals surface area contributed by atoms with Gasteiger partial charge in [-0.2, -0.15) is 0 Å². The Kier molecular flexibility index (Phi) is 7.91. The number of halogens is 1. The van der Waals surface area contributed by atoms with Crippen molar-refractivity contribution in [3.63, 3.8) is 0 Å². The fourth-order valence-electron chi connectivity index (χ4n) is 2.52. The third-order valence-electron chi connectivity index (χ3n) is 3.64. The van der Waals surface area contributed by atoms with Gasteiger partial charge in [0.1, 0.15) is 0 Å². The lowest BCUT2D eigenvalue weighted by molar-refractivity contribution is 0.198. The molecule has 20 heavy (non-hydrogen) atoms. The molecule has 0 spiro atoms. The first-order chi connectivity index (χ1) is 9.31. The monoisotopic (exact) mass is 388 g/mol. The van der Waals surface area contributed by atoms with Crippen LogP contribution in [0.3, 0.4) is 0 Å². The van der Waals surface area contributed by atoms with E-state index in [-0.39, 0.29) is 24.0 Å². The first-order valence-corrected chi connectivity index (χ1v) is 6.99. The van der Waals surface area contributed by atoms with Crippen LogP contribution in [-0.2, 0) is 6.54 Å². The minimum Gasteiger partial charge on any atom is -0.359 e. The molecule has 0 aliphatic carbocycles. The molecule has 1 aliphatic heterocycles. The Bertz CT molecular complexity index is 400. The number of likely N-dealkylation sites (tertiary alicyclic amines) is 1. The smallest absolute Gasteiger partial charge is 0.190 e. The van der Waals surface area contributed by atoms with Crippen molar-refractivity contribution >= 4 is 29.9 Å². The van der Waals surface area contributed by atoms with Crippen molar-refractivity contribution in [1.82, 2.24) is 15.5 Å². The number of hydrogen-bond acceptors (Lipinski definition) is 2. The van der Waals surface area contributed by atoms with Gasteiger partial charge in [0, 0.05) is 39.8 Å². The summed E-state index contributed by atoms with van der Waals surface area (Å²) in [5.41, 5.74) is 1.40. The van der Waals surface area contributed by atoms with E-state index < -0.39 is 0 Å². The van der Waals surface area contributed by atoms with Crippen molar-refractivity contribution in [2.24, 2.45) is 4.99 Å². The van der Waals surface area contributed by atoms with E-state index in [0.29, 0.717) is 6.04 Å². The van der Waals surface area contributed by atoms with Crippen molar-refractivity contribution in [2.75, 3.05) is 27.2 Å². The van der Waals surface area contributed by atoms with Crippen molar-refractivity contribution in [3.8, 4) is 0 Å². The Morgan fingerprint density at radius 2 is 1.90 bits per heavy atom. The molecule has 1 aromatic rings. The molecule has 1 aromatic carbocycles. The SMILES string of the molecule is CN=C(NC)NC1CCN(Cc2ccccc2)CC1.I. The molecule has 1 saturated heterocycles. The highest BCUT2D eigenvalue weighted by molar-refractivity contribution is 14.0. The molecule has 0 atom stereocenters. The lowest BCUT2D eigenvalue weighted by Crippen LogP contribution is -2.47. The Morgan fingerprint density at radius 3 is 2.45 bits per heavy atom. The maximum Gasteiger partial charge on any atom is 0.190 e. The van der Waals surface area contributed by atoms with E-state index in [4.69, 9.17) is 0 Å². The Hall–Kier alpha value is -0.820. The predicted octanol–water partition coefficient (Wildman–Crippen LogP) is 2.06. The molecule has 0 bridgehead atoms. The molecule has 0 aromatic heterocycles. The van der Waals surface area contributed by atoms with Gasteiger partial charge in [-0.15, -0.1) is 24.0 Å². The van der Waals surface area contributed by atoms with Crippen LogP contribution in [0.25, 0.3) is 0 Å². The first-order valence-electron chi connectivity index (χ1n) is 6.99. The quantitative estimate of drug-likeness (QED) is 0.473. The number of nitrogens with one attached hydrogen (secondary N) is 2. The van der Waals surface area contributed by atoms with Gasteiger partial charge >= 0.3 is 0 Å². The number of aliphatic imine (C=N–C) groups is 1. The molecule has 1 fully saturated rings. The van der Waals surface area contributed by atoms with Gasteiger partial charge in [-0.3, -0.25) is 9.89 Å². The number of guanidine groups is 1. The van der Waals surface area contributed by atoms with Gasteiger partial charge in [0.15, 0.2) is 5.96 Å². The van der Waals surface area contributed by atoms with Crippen molar-refractivity contribution in [1.29, 1.82) is 0 Å². The molecule has 1 aliphatic rings. The number of rotatable bonds is 3. The molecule has 1 heterocycles. The van der Waals surface area contributed by atoms with Gasteiger partial charge in [-0.25, -0.2) is 0 Å². The highest BCUT2D eigenvalue weighted by Gasteiger charge is 2.19. The van der Waals surface area contributed by atoms with E-state index in [0.717, 1.165) is 25.6 Å². The summed E-state index contributed by atoms with van der Waals surface area (Å²) in [7, 11) is 3.71. The van der Waals surface area contributed by atoms with Crippen molar-refractivity contribution in [3.05, 3.63) is 35.9 Å². The van der Waals surface area contributed by atoms with E-state index in [1.807, 2.05) is 14.1 Å². The number of nitrogens with zero attached hydrogens (tertiary/aromatic N) is 2. The van der Waals surface area contributed by atoms with E-state index in [9.17, 15) is 0 Å². The number of hydrogen-bond donors (Lipinski definition) is 2. The topological polar surface area (TPSA) is 39.7 Å². The van der Waals surface area contributed by atoms with Gasteiger partial charge in [0.05, 0.1) is 0 Å². The molecule has 0 unspecified atom stereocenters. The minimum atomic E-state index is 0. The van der Waals surface area contributed by atoms with E-state index in [2.05, 4.69) is 50.9 Å². The minimum absolute atomic E-state index is 0. The van der Waals surface area contributed by atoms with Crippen LogP contribution in [0.15, 0.2) is 35.3 Å². The van der Waals surface area contributed by atoms with Crippen LogP contribution in [0.1, 0.15) is 18.4 Å². The molecule has 4 nitrogen and oxygen atoms in total. The van der Waals surface area contributed by atoms with E-state index >= 15 is 0 Å². The largest absolute Gasteiger partial charge is 0.359 e. The fraction of sp³-hybridized carbons (Fsp3) is 0.533. The fourth-order valence-corrected chi connectivity index (χ4v) is 2.52. The van der Waals surface area contributed by atoms with Crippen LogP contribution >= 0.6 is 24.0 Å². The second kappa shape index (κ2) is 9.18. The third kappa shape index (κ3) is 5.28. The van der Waals surface area contributed by atoms with Gasteiger partial charge in [0.25, 0.3) is 0 Å². The Morgan fingerprint density at radius 1 is 1.25 bits per heavy atom. The summed E-state index contributed by atoms with van der Waals surface area (Å²) in [6, 6.07) is 11.2. The zero-order valence-corrected chi connectivity index (χ0v) is 14.6. The predicted molar refractivity (Wildman–Crippen MR) is 95.7 cm³/mol. The maximum absolute atomic E-state index is 4.17. The standard InChI is InChI=1S/C15H24N4.HI/c1-16-15(17-2)18-14-8-10-19(11-9-14)12-13-6-4-3-5-7-13;/h3-7,14H,8-12H2,1-2H3,(H2,16,17,18);1H. The van der Waals surface area contributed by atoms with Gasteiger partial charge in [0.2, 0.25) is 0 Å². The maximum atomic E-state index is 4.17. The molecule has 5 heteroatoms. The summed E-state index contributed by atoms with van der Waals surface area (Å²) in [5, 5.41) is 6.53. The van der Waals surface area contributed by atoms with Crippen LogP contribution in [-0.4, -0.2) is 44.1 Å². The average molecular weight is 388 g/mol. The molecule has 2 N–H and O–H groups in total. The van der Waals surface area contributed by atoms with Gasteiger partial charge in [-0.05, 0) is 18.4 Å². The van der Waals surface area contributed by atoms with Gasteiger partial charge < -0.3 is 10.6 Å². The lowest BCUT2D eigenvalue weighted by Gasteiger charge is -2.32. The molecule has 0 amide bonds. The molecule has 112 valence electrons. The number of benzene rings is 1. The Labute approximate surface area is 139 Å². The summed E-state index contributed by atoms with van der Waals surface area (Å²) < 4.78 is 0. The van der Waals surface area contributed by atoms with Gasteiger partial charge in [-0.1, -0.05) is 30.3 Å². The Balaban J connectivity index is 0.00000200. The van der Waals surface area contributed by atoms with Crippen LogP contribution in [0.2, 0.25) is 0 Å². The zero-order valence-electron chi connectivity index (χ0n) is 12.3. The summed E-state index contributed by atoms with van der Waals surface area (Å²) in [4.78, 5) is 6.69. The van der Waals surface area contributed by atoms with E-state index in [1.165, 1.54) is 18.4 Å². The lowest BCUT2D eigenvalue weighted by atomic mass is 10.0.